The van der Waals surface area contributed by atoms with E-state index in [4.69, 9.17) is 17.0 Å². The molecule has 0 saturated carbocycles. The molecular formula is C27H35FN4O2S. The van der Waals surface area contributed by atoms with Crippen LogP contribution >= 0.6 is 12.2 Å². The fraction of sp³-hybridized carbons (Fsp3) is 0.407. The summed E-state index contributed by atoms with van der Waals surface area (Å²) < 4.78 is 19.0. The molecule has 3 aromatic rings. The van der Waals surface area contributed by atoms with Crippen LogP contribution in [0.5, 0.6) is 5.75 Å². The summed E-state index contributed by atoms with van der Waals surface area (Å²) >= 11 is 5.72. The van der Waals surface area contributed by atoms with Gasteiger partial charge in [0.05, 0.1) is 13.2 Å². The zero-order chi connectivity index (χ0) is 25.2. The van der Waals surface area contributed by atoms with E-state index in [1.807, 2.05) is 36.1 Å². The summed E-state index contributed by atoms with van der Waals surface area (Å²) in [6.07, 6.45) is 0.961. The summed E-state index contributed by atoms with van der Waals surface area (Å²) in [6.45, 7) is 11.4. The highest BCUT2D eigenvalue weighted by Crippen LogP contribution is 2.20. The lowest BCUT2D eigenvalue weighted by atomic mass is 10.1. The Morgan fingerprint density at radius 3 is 2.49 bits per heavy atom. The van der Waals surface area contributed by atoms with Gasteiger partial charge in [0.2, 0.25) is 0 Å². The van der Waals surface area contributed by atoms with Gasteiger partial charge in [-0.3, -0.25) is 4.79 Å². The van der Waals surface area contributed by atoms with Crippen molar-refractivity contribution >= 4 is 28.2 Å². The molecule has 0 unspecified atom stereocenters. The van der Waals surface area contributed by atoms with Crippen molar-refractivity contribution in [3.63, 3.8) is 0 Å². The number of rotatable bonds is 12. The number of ether oxygens (including phenoxy) is 1. The first-order valence-electron chi connectivity index (χ1n) is 12.2. The van der Waals surface area contributed by atoms with Gasteiger partial charge in [-0.2, -0.15) is 0 Å². The third kappa shape index (κ3) is 7.77. The standard InChI is InChI=1S/C27H35FN4O2S/c1-4-31(5-2)15-7-14-29-27(35)32(18-20-8-10-23(28)11-9-20)19-22-16-21-17-24(34-6-3)12-13-25(21)30-26(22)33/h8-13,16-17H,4-7,14-15,18-19H2,1-3H3,(H,29,35)(H,30,33). The third-order valence-electron chi connectivity index (χ3n) is 5.96. The summed E-state index contributed by atoms with van der Waals surface area (Å²) in [5.41, 5.74) is 2.11. The number of thiocarbonyl (C=S) groups is 1. The van der Waals surface area contributed by atoms with Crippen LogP contribution in [0.15, 0.2) is 53.3 Å². The highest BCUT2D eigenvalue weighted by atomic mass is 32.1. The number of nitrogens with zero attached hydrogens (tertiary/aromatic N) is 2. The Bertz CT molecular complexity index is 1160. The van der Waals surface area contributed by atoms with Gasteiger partial charge in [0, 0.05) is 29.6 Å². The van der Waals surface area contributed by atoms with Crippen molar-refractivity contribution in [1.29, 1.82) is 0 Å². The molecule has 0 aliphatic rings. The molecule has 35 heavy (non-hydrogen) atoms. The average Bonchev–Trinajstić information content (AvgIpc) is 2.85. The Labute approximate surface area is 212 Å². The van der Waals surface area contributed by atoms with Gasteiger partial charge in [0.15, 0.2) is 5.11 Å². The number of benzene rings is 2. The number of pyridine rings is 1. The van der Waals surface area contributed by atoms with E-state index in [1.54, 1.807) is 12.1 Å². The Morgan fingerprint density at radius 1 is 1.06 bits per heavy atom. The fourth-order valence-electron chi connectivity index (χ4n) is 3.97. The number of nitrogens with one attached hydrogen (secondary N) is 2. The van der Waals surface area contributed by atoms with Crippen LogP contribution in [0, 0.1) is 5.82 Å². The van der Waals surface area contributed by atoms with Crippen LogP contribution in [0.25, 0.3) is 10.9 Å². The summed E-state index contributed by atoms with van der Waals surface area (Å²) in [5, 5.41) is 4.81. The second-order valence-corrected chi connectivity index (χ2v) is 8.79. The number of halogens is 1. The molecule has 8 heteroatoms. The van der Waals surface area contributed by atoms with Gasteiger partial charge in [-0.1, -0.05) is 26.0 Å². The average molecular weight is 499 g/mol. The number of fused-ring (bicyclic) bond motifs is 1. The molecule has 0 atom stereocenters. The van der Waals surface area contributed by atoms with E-state index in [9.17, 15) is 9.18 Å². The van der Waals surface area contributed by atoms with Crippen LogP contribution in [-0.2, 0) is 13.1 Å². The maximum Gasteiger partial charge on any atom is 0.253 e. The zero-order valence-electron chi connectivity index (χ0n) is 20.8. The van der Waals surface area contributed by atoms with Gasteiger partial charge in [-0.25, -0.2) is 4.39 Å². The molecule has 0 spiro atoms. The van der Waals surface area contributed by atoms with Gasteiger partial charge in [0.1, 0.15) is 11.6 Å². The summed E-state index contributed by atoms with van der Waals surface area (Å²) in [5.74, 6) is 0.472. The molecule has 2 aromatic carbocycles. The Morgan fingerprint density at radius 2 is 1.80 bits per heavy atom. The molecule has 0 amide bonds. The highest BCUT2D eigenvalue weighted by molar-refractivity contribution is 7.80. The van der Waals surface area contributed by atoms with Crippen LogP contribution in [0.2, 0.25) is 0 Å². The lowest BCUT2D eigenvalue weighted by molar-refractivity contribution is 0.299. The topological polar surface area (TPSA) is 60.6 Å². The molecule has 0 aliphatic carbocycles. The first-order chi connectivity index (χ1) is 16.9. The minimum absolute atomic E-state index is 0.157. The minimum atomic E-state index is -0.284. The predicted octanol–water partition coefficient (Wildman–Crippen LogP) is 4.67. The van der Waals surface area contributed by atoms with Gasteiger partial charge >= 0.3 is 0 Å². The quantitative estimate of drug-likeness (QED) is 0.279. The molecule has 3 rings (SSSR count). The van der Waals surface area contributed by atoms with Crippen molar-refractivity contribution in [1.82, 2.24) is 20.1 Å². The van der Waals surface area contributed by atoms with Crippen LogP contribution in [0.1, 0.15) is 38.3 Å². The molecule has 0 saturated heterocycles. The maximum absolute atomic E-state index is 13.4. The lowest BCUT2D eigenvalue weighted by Gasteiger charge is -2.26. The summed E-state index contributed by atoms with van der Waals surface area (Å²) in [6, 6.07) is 13.9. The smallest absolute Gasteiger partial charge is 0.253 e. The normalized spacial score (nSPS) is 11.1. The number of aromatic amines is 1. The van der Waals surface area contributed by atoms with Crippen molar-refractivity contribution in [3.05, 3.63) is 75.8 Å². The third-order valence-corrected chi connectivity index (χ3v) is 6.36. The van der Waals surface area contributed by atoms with Gasteiger partial charge < -0.3 is 24.8 Å². The molecule has 1 heterocycles. The Hall–Kier alpha value is -2.97. The van der Waals surface area contributed by atoms with Gasteiger partial charge in [-0.15, -0.1) is 0 Å². The maximum atomic E-state index is 13.4. The number of hydrogen-bond donors (Lipinski definition) is 2. The molecule has 0 fully saturated rings. The van der Waals surface area contributed by atoms with Crippen LogP contribution in [0.3, 0.4) is 0 Å². The predicted molar refractivity (Wildman–Crippen MR) is 144 cm³/mol. The van der Waals surface area contributed by atoms with Crippen molar-refractivity contribution < 1.29 is 9.13 Å². The van der Waals surface area contributed by atoms with Crippen molar-refractivity contribution in [2.45, 2.75) is 40.3 Å². The molecule has 2 N–H and O–H groups in total. The van der Waals surface area contributed by atoms with Crippen LogP contribution in [-0.4, -0.2) is 52.7 Å². The van der Waals surface area contributed by atoms with Crippen LogP contribution in [0.4, 0.5) is 4.39 Å². The van der Waals surface area contributed by atoms with Gasteiger partial charge in [-0.05, 0) is 87.2 Å². The highest BCUT2D eigenvalue weighted by Gasteiger charge is 2.15. The van der Waals surface area contributed by atoms with Crippen molar-refractivity contribution in [3.8, 4) is 5.75 Å². The molecule has 0 bridgehead atoms. The molecule has 0 aliphatic heterocycles. The van der Waals surface area contributed by atoms with E-state index in [0.29, 0.717) is 30.4 Å². The lowest BCUT2D eigenvalue weighted by Crippen LogP contribution is -2.41. The largest absolute Gasteiger partial charge is 0.494 e. The molecule has 0 radical (unpaired) electrons. The first-order valence-corrected chi connectivity index (χ1v) is 12.6. The second kappa shape index (κ2) is 13.2. The second-order valence-electron chi connectivity index (χ2n) is 8.40. The van der Waals surface area contributed by atoms with Gasteiger partial charge in [0.25, 0.3) is 5.56 Å². The minimum Gasteiger partial charge on any atom is -0.494 e. The molecule has 1 aromatic heterocycles. The zero-order valence-corrected chi connectivity index (χ0v) is 21.6. The molecular weight excluding hydrogens is 463 g/mol. The molecule has 6 nitrogen and oxygen atoms in total. The number of hydrogen-bond acceptors (Lipinski definition) is 4. The Balaban J connectivity index is 1.79. The van der Waals surface area contributed by atoms with E-state index < -0.39 is 0 Å². The van der Waals surface area contributed by atoms with Crippen LogP contribution < -0.4 is 15.6 Å². The summed E-state index contributed by atoms with van der Waals surface area (Å²) in [7, 11) is 0. The SMILES string of the molecule is CCOc1ccc2[nH]c(=O)c(CN(Cc3ccc(F)cc3)C(=S)NCCCN(CC)CC)cc2c1. The van der Waals surface area contributed by atoms with E-state index in [2.05, 4.69) is 29.0 Å². The van der Waals surface area contributed by atoms with E-state index in [0.717, 1.165) is 54.8 Å². The molecule has 188 valence electrons. The number of aromatic nitrogens is 1. The monoisotopic (exact) mass is 498 g/mol. The number of H-pyrrole nitrogens is 1. The van der Waals surface area contributed by atoms with E-state index in [-0.39, 0.29) is 11.4 Å². The fourth-order valence-corrected chi connectivity index (χ4v) is 4.20. The van der Waals surface area contributed by atoms with Crippen molar-refractivity contribution in [2.75, 3.05) is 32.8 Å². The first kappa shape index (κ1) is 26.6. The van der Waals surface area contributed by atoms with E-state index >= 15 is 0 Å². The van der Waals surface area contributed by atoms with Crippen molar-refractivity contribution in [2.24, 2.45) is 0 Å². The summed E-state index contributed by atoms with van der Waals surface area (Å²) in [4.78, 5) is 20.1. The van der Waals surface area contributed by atoms with E-state index in [1.165, 1.54) is 12.1 Å². The Kier molecular flexibility index (Phi) is 10.0.